The SMILES string of the molecule is CCC(C)NC(=O)Cn1c(=O)/c(=C\c2ccc(F)cc2)s/c1=C\C(=O)c1cccc(Cl)c1. The van der Waals surface area contributed by atoms with Crippen molar-refractivity contribution in [2.24, 2.45) is 0 Å². The fraction of sp³-hybridized carbons (Fsp3) is 0.208. The van der Waals surface area contributed by atoms with Crippen LogP contribution < -0.4 is 20.1 Å². The molecular formula is C24H22ClFN2O3S. The van der Waals surface area contributed by atoms with Gasteiger partial charge in [-0.25, -0.2) is 4.39 Å². The van der Waals surface area contributed by atoms with Crippen molar-refractivity contribution in [2.45, 2.75) is 32.9 Å². The summed E-state index contributed by atoms with van der Waals surface area (Å²) in [6, 6.07) is 12.2. The van der Waals surface area contributed by atoms with Gasteiger partial charge in [0.15, 0.2) is 5.78 Å². The zero-order valence-electron chi connectivity index (χ0n) is 17.6. The quantitative estimate of drug-likeness (QED) is 0.537. The van der Waals surface area contributed by atoms with Gasteiger partial charge in [-0.1, -0.05) is 42.8 Å². The third-order valence-corrected chi connectivity index (χ3v) is 6.08. The zero-order chi connectivity index (χ0) is 23.3. The van der Waals surface area contributed by atoms with Crippen molar-refractivity contribution in [3.63, 3.8) is 0 Å². The molecule has 3 aromatic rings. The van der Waals surface area contributed by atoms with Crippen LogP contribution in [0.1, 0.15) is 36.2 Å². The van der Waals surface area contributed by atoms with Crippen molar-refractivity contribution in [3.05, 3.63) is 90.0 Å². The van der Waals surface area contributed by atoms with Gasteiger partial charge in [0, 0.05) is 22.7 Å². The van der Waals surface area contributed by atoms with Crippen LogP contribution in [0.15, 0.2) is 53.3 Å². The van der Waals surface area contributed by atoms with Crippen LogP contribution >= 0.6 is 22.9 Å². The first-order valence-electron chi connectivity index (χ1n) is 10.0. The molecule has 1 heterocycles. The molecule has 0 fully saturated rings. The van der Waals surface area contributed by atoms with Crippen LogP contribution in [-0.4, -0.2) is 22.3 Å². The lowest BCUT2D eigenvalue weighted by molar-refractivity contribution is -0.122. The minimum Gasteiger partial charge on any atom is -0.352 e. The zero-order valence-corrected chi connectivity index (χ0v) is 19.2. The lowest BCUT2D eigenvalue weighted by Gasteiger charge is -2.11. The number of halogens is 2. The molecule has 0 aliphatic carbocycles. The molecule has 1 atom stereocenters. The van der Waals surface area contributed by atoms with Gasteiger partial charge in [0.1, 0.15) is 17.0 Å². The van der Waals surface area contributed by atoms with E-state index in [1.54, 1.807) is 36.4 Å². The van der Waals surface area contributed by atoms with Crippen molar-refractivity contribution >= 4 is 46.8 Å². The molecule has 0 saturated heterocycles. The molecule has 32 heavy (non-hydrogen) atoms. The number of benzene rings is 2. The molecule has 2 aromatic carbocycles. The number of hydrogen-bond acceptors (Lipinski definition) is 4. The molecule has 1 unspecified atom stereocenters. The summed E-state index contributed by atoms with van der Waals surface area (Å²) in [6.07, 6.45) is 3.69. The first-order chi connectivity index (χ1) is 15.3. The van der Waals surface area contributed by atoms with Gasteiger partial charge in [-0.15, -0.1) is 11.3 Å². The molecule has 0 bridgehead atoms. The lowest BCUT2D eigenvalue weighted by atomic mass is 10.1. The monoisotopic (exact) mass is 472 g/mol. The molecule has 0 aliphatic heterocycles. The van der Waals surface area contributed by atoms with E-state index in [0.29, 0.717) is 25.3 Å². The number of thiazole rings is 1. The van der Waals surface area contributed by atoms with Crippen LogP contribution in [0.3, 0.4) is 0 Å². The van der Waals surface area contributed by atoms with E-state index < -0.39 is 5.56 Å². The number of hydrogen-bond donors (Lipinski definition) is 1. The fourth-order valence-corrected chi connectivity index (χ4v) is 4.14. The molecule has 0 spiro atoms. The predicted molar refractivity (Wildman–Crippen MR) is 126 cm³/mol. The van der Waals surface area contributed by atoms with E-state index in [4.69, 9.17) is 11.6 Å². The summed E-state index contributed by atoms with van der Waals surface area (Å²) in [5, 5.41) is 3.25. The van der Waals surface area contributed by atoms with Crippen molar-refractivity contribution in [3.8, 4) is 0 Å². The van der Waals surface area contributed by atoms with Gasteiger partial charge in [0.25, 0.3) is 5.56 Å². The Hall–Kier alpha value is -3.03. The Bertz CT molecular complexity index is 1310. The first kappa shape index (κ1) is 23.6. The van der Waals surface area contributed by atoms with E-state index in [2.05, 4.69) is 5.32 Å². The number of nitrogens with zero attached hydrogens (tertiary/aromatic N) is 1. The van der Waals surface area contributed by atoms with Gasteiger partial charge < -0.3 is 5.32 Å². The van der Waals surface area contributed by atoms with E-state index in [9.17, 15) is 18.8 Å². The molecular weight excluding hydrogens is 451 g/mol. The van der Waals surface area contributed by atoms with Gasteiger partial charge >= 0.3 is 0 Å². The summed E-state index contributed by atoms with van der Waals surface area (Å²) in [6.45, 7) is 3.60. The second-order valence-electron chi connectivity index (χ2n) is 7.29. The maximum atomic E-state index is 13.2. The number of Topliss-reactive ketones (excluding diaryl/α,β-unsaturated/α-hetero) is 1. The fourth-order valence-electron chi connectivity index (χ4n) is 2.91. The van der Waals surface area contributed by atoms with Crippen molar-refractivity contribution < 1.29 is 14.0 Å². The summed E-state index contributed by atoms with van der Waals surface area (Å²) < 4.78 is 15.2. The summed E-state index contributed by atoms with van der Waals surface area (Å²) >= 11 is 7.07. The van der Waals surface area contributed by atoms with Gasteiger partial charge in [-0.3, -0.25) is 19.0 Å². The van der Waals surface area contributed by atoms with E-state index >= 15 is 0 Å². The number of carbonyl (C=O) groups excluding carboxylic acids is 2. The molecule has 1 aromatic heterocycles. The Labute approximate surface area is 193 Å². The minimum atomic E-state index is -0.399. The average Bonchev–Trinajstić information content (AvgIpc) is 3.03. The smallest absolute Gasteiger partial charge is 0.269 e. The highest BCUT2D eigenvalue weighted by Gasteiger charge is 2.13. The summed E-state index contributed by atoms with van der Waals surface area (Å²) in [7, 11) is 0. The highest BCUT2D eigenvalue weighted by Crippen LogP contribution is 2.11. The van der Waals surface area contributed by atoms with E-state index in [1.807, 2.05) is 13.8 Å². The molecule has 8 heteroatoms. The van der Waals surface area contributed by atoms with Crippen molar-refractivity contribution in [1.82, 2.24) is 9.88 Å². The minimum absolute atomic E-state index is 0.0393. The molecule has 0 radical (unpaired) electrons. The molecule has 3 rings (SSSR count). The van der Waals surface area contributed by atoms with E-state index in [0.717, 1.165) is 17.8 Å². The topological polar surface area (TPSA) is 68.2 Å². The third-order valence-electron chi connectivity index (χ3n) is 4.79. The first-order valence-corrected chi connectivity index (χ1v) is 11.2. The van der Waals surface area contributed by atoms with Crippen molar-refractivity contribution in [1.29, 1.82) is 0 Å². The standard InChI is InChI=1S/C24H22ClFN2O3S/c1-3-15(2)27-22(30)14-28-23(13-20(29)17-5-4-6-18(25)12-17)32-21(24(28)31)11-16-7-9-19(26)10-8-16/h4-13,15H,3,14H2,1-2H3,(H,27,30)/b21-11+,23-13-. The number of rotatable bonds is 7. The van der Waals surface area contributed by atoms with Gasteiger partial charge in [-0.05, 0) is 49.2 Å². The van der Waals surface area contributed by atoms with Gasteiger partial charge in [0.05, 0.1) is 4.53 Å². The molecule has 5 nitrogen and oxygen atoms in total. The number of ketones is 1. The van der Waals surface area contributed by atoms with Crippen molar-refractivity contribution in [2.75, 3.05) is 0 Å². The van der Waals surface area contributed by atoms with Crippen LogP contribution in [0.2, 0.25) is 5.02 Å². The molecule has 1 amide bonds. The Balaban J connectivity index is 2.09. The van der Waals surface area contributed by atoms with Crippen LogP contribution in [0.5, 0.6) is 0 Å². The Morgan fingerprint density at radius 3 is 2.59 bits per heavy atom. The predicted octanol–water partition coefficient (Wildman–Crippen LogP) is 3.11. The Morgan fingerprint density at radius 2 is 1.94 bits per heavy atom. The number of amides is 1. The van der Waals surface area contributed by atoms with Gasteiger partial charge in [0.2, 0.25) is 5.91 Å². The third kappa shape index (κ3) is 6.02. The average molecular weight is 473 g/mol. The molecule has 0 aliphatic rings. The summed E-state index contributed by atoms with van der Waals surface area (Å²) in [5.41, 5.74) is 0.607. The largest absolute Gasteiger partial charge is 0.352 e. The van der Waals surface area contributed by atoms with E-state index in [-0.39, 0.29) is 30.1 Å². The summed E-state index contributed by atoms with van der Waals surface area (Å²) in [5.74, 6) is -1.04. The van der Waals surface area contributed by atoms with Crippen LogP contribution in [0.25, 0.3) is 12.2 Å². The Kier molecular flexibility index (Phi) is 7.77. The maximum Gasteiger partial charge on any atom is 0.269 e. The van der Waals surface area contributed by atoms with Crippen LogP contribution in [0, 0.1) is 5.82 Å². The Morgan fingerprint density at radius 1 is 1.22 bits per heavy atom. The summed E-state index contributed by atoms with van der Waals surface area (Å²) in [4.78, 5) is 38.3. The number of carbonyl (C=O) groups is 2. The molecule has 166 valence electrons. The second-order valence-corrected chi connectivity index (χ2v) is 8.79. The number of aromatic nitrogens is 1. The van der Waals surface area contributed by atoms with Gasteiger partial charge in [-0.2, -0.15) is 0 Å². The number of nitrogens with one attached hydrogen (secondary N) is 1. The molecule has 1 N–H and O–H groups in total. The normalized spacial score (nSPS) is 13.2. The second kappa shape index (κ2) is 10.5. The molecule has 0 saturated carbocycles. The highest BCUT2D eigenvalue weighted by molar-refractivity contribution is 7.07. The van der Waals surface area contributed by atoms with Crippen LogP contribution in [-0.2, 0) is 11.3 Å². The maximum absolute atomic E-state index is 13.2. The van der Waals surface area contributed by atoms with Crippen LogP contribution in [0.4, 0.5) is 4.39 Å². The highest BCUT2D eigenvalue weighted by atomic mass is 35.5. The lowest BCUT2D eigenvalue weighted by Crippen LogP contribution is -2.40. The van der Waals surface area contributed by atoms with E-state index in [1.165, 1.54) is 28.8 Å².